The Morgan fingerprint density at radius 3 is 1.65 bits per heavy atom. The maximum atomic E-state index is 13.0. The zero-order valence-corrected chi connectivity index (χ0v) is 42.5. The molecule has 8 rings (SSSR count). The highest BCUT2D eigenvalue weighted by atomic mass is 16.8. The van der Waals surface area contributed by atoms with E-state index in [0.717, 1.165) is 24.3 Å². The standard InChI is InChI=1S/C54H56O28/c55-26-8-1-23(2-9-26)4-13-39(62)74-21-37-44(67)47(70)51(82-53-49(72)46(69)42(65)35(80-53)20-73-40(63)14-5-24-3-12-30(58)31(59)15-24)54(81-37)78-34-18-29-32(76-50(34)25-6-10-27(56)11-7-25)16-28(57)17-33(29)77-52-48(71)45(68)43(66)36(79-52)22-75-41(64)19-38(60)61/h1-18,35-37,42-59,65-72H,19-22H2,(H,60,61)/p+1. The van der Waals surface area contributed by atoms with Gasteiger partial charge in [0.05, 0.1) is 11.6 Å². The van der Waals surface area contributed by atoms with Crippen LogP contribution in [0.25, 0.3) is 18.2 Å². The molecule has 0 saturated carbocycles. The minimum atomic E-state index is -2.14. The van der Waals surface area contributed by atoms with Gasteiger partial charge in [-0.25, -0.2) is 9.59 Å². The van der Waals surface area contributed by atoms with Crippen molar-refractivity contribution in [1.82, 2.24) is 0 Å². The molecule has 4 aromatic rings. The maximum Gasteiger partial charge on any atom is 0.330 e. The number of carbonyl (C=O) groups is 4. The Hall–Kier alpha value is -8.10. The van der Waals surface area contributed by atoms with Gasteiger partial charge in [0.1, 0.15) is 122 Å². The van der Waals surface area contributed by atoms with E-state index >= 15 is 0 Å². The van der Waals surface area contributed by atoms with Crippen molar-refractivity contribution < 1.29 is 138 Å². The van der Waals surface area contributed by atoms with Gasteiger partial charge in [-0.1, -0.05) is 18.2 Å². The van der Waals surface area contributed by atoms with Crippen molar-refractivity contribution in [3.05, 3.63) is 119 Å². The molecular weight excluding hydrogens is 1100 g/mol. The van der Waals surface area contributed by atoms with Crippen LogP contribution >= 0.6 is 0 Å². The van der Waals surface area contributed by atoms with Gasteiger partial charge in [-0.15, -0.1) is 0 Å². The van der Waals surface area contributed by atoms with Crippen LogP contribution in [0.4, 0.5) is 0 Å². The molecule has 16 unspecified atom stereocenters. The quantitative estimate of drug-likeness (QED) is 0.0133. The van der Waals surface area contributed by atoms with Crippen molar-refractivity contribution in [2.75, 3.05) is 19.8 Å². The van der Waals surface area contributed by atoms with Gasteiger partial charge in [-0.2, -0.15) is 0 Å². The first-order valence-electron chi connectivity index (χ1n) is 24.9. The number of carbonyl (C=O) groups excluding carboxylic acids is 3. The third kappa shape index (κ3) is 14.5. The van der Waals surface area contributed by atoms with Gasteiger partial charge in [0, 0.05) is 24.3 Å². The summed E-state index contributed by atoms with van der Waals surface area (Å²) in [5.41, 5.74) is 0.972. The molecule has 4 heterocycles. The van der Waals surface area contributed by atoms with E-state index in [1.54, 1.807) is 0 Å². The fourth-order valence-corrected chi connectivity index (χ4v) is 8.71. The van der Waals surface area contributed by atoms with Crippen molar-refractivity contribution in [2.24, 2.45) is 0 Å². The molecule has 28 nitrogen and oxygen atoms in total. The first-order chi connectivity index (χ1) is 39.0. The number of carboxylic acid groups (broad SMARTS) is 1. The summed E-state index contributed by atoms with van der Waals surface area (Å²) < 4.78 is 56.4. The predicted molar refractivity (Wildman–Crippen MR) is 270 cm³/mol. The summed E-state index contributed by atoms with van der Waals surface area (Å²) in [6.07, 6.45) is -25.8. The number of ether oxygens (including phenoxy) is 10. The number of benzene rings is 4. The van der Waals surface area contributed by atoms with Gasteiger partial charge in [0.2, 0.25) is 12.6 Å². The minimum Gasteiger partial charge on any atom is -0.571 e. The summed E-state index contributed by atoms with van der Waals surface area (Å²) in [7, 11) is 0. The van der Waals surface area contributed by atoms with Crippen molar-refractivity contribution in [1.29, 1.82) is 0 Å². The summed E-state index contributed by atoms with van der Waals surface area (Å²) in [5.74, 6) is -6.97. The number of aliphatic hydroxyl groups is 9. The monoisotopic (exact) mass is 1150 g/mol. The summed E-state index contributed by atoms with van der Waals surface area (Å²) in [4.78, 5) is 48.8. The van der Waals surface area contributed by atoms with Crippen LogP contribution < -0.4 is 4.74 Å². The number of aliphatic hydroxyl groups excluding tert-OH is 8. The van der Waals surface area contributed by atoms with Gasteiger partial charge in [-0.3, -0.25) is 9.59 Å². The number of hydrogen-bond acceptors (Lipinski definition) is 26. The van der Waals surface area contributed by atoms with Gasteiger partial charge in [-0.05, 0) is 71.8 Å². The molecular formula is C54H57O28+. The van der Waals surface area contributed by atoms with E-state index in [2.05, 4.69) is 0 Å². The van der Waals surface area contributed by atoms with Crippen molar-refractivity contribution >= 4 is 42.1 Å². The number of rotatable bonds is 19. The molecule has 4 aromatic carbocycles. The normalized spacial score (nSPS) is 29.9. The van der Waals surface area contributed by atoms with E-state index in [1.807, 2.05) is 0 Å². The molecule has 28 heteroatoms. The molecule has 15 N–H and O–H groups in total. The van der Waals surface area contributed by atoms with Crippen molar-refractivity contribution in [3.8, 4) is 40.2 Å². The van der Waals surface area contributed by atoms with Gasteiger partial charge in [0.25, 0.3) is 11.9 Å². The lowest BCUT2D eigenvalue weighted by Crippen LogP contribution is -2.64. The van der Waals surface area contributed by atoms with E-state index in [9.17, 15) is 85.6 Å². The Morgan fingerprint density at radius 1 is 0.524 bits per heavy atom. The molecule has 0 spiro atoms. The average molecular weight is 1150 g/mol. The third-order valence-electron chi connectivity index (χ3n) is 13.1. The second-order valence-corrected chi connectivity index (χ2v) is 19.0. The number of aromatic hydroxyl groups is 6. The first-order valence-corrected chi connectivity index (χ1v) is 24.9. The lowest BCUT2D eigenvalue weighted by molar-refractivity contribution is -0.364. The largest absolute Gasteiger partial charge is 0.571 e. The number of esters is 3. The van der Waals surface area contributed by atoms with Crippen LogP contribution in [0.3, 0.4) is 0 Å². The smallest absolute Gasteiger partial charge is 0.330 e. The Morgan fingerprint density at radius 2 is 1.05 bits per heavy atom. The molecule has 0 radical (unpaired) electrons. The maximum absolute atomic E-state index is 13.0. The molecule has 440 valence electrons. The SMILES string of the molecule is O=C(O)CC(=O)OCC1OC(Oc2cc(O)cc3c2C=C(OC2OC(COC(=O)C=Cc4ccc(O)cc4)C(O)C(O)C2OC2OC(COC(=O)C=Cc4ccc(O)c(O)c4)C(O)C(O)C2O)C(c2ccc(O)cc2)[OH+]3)C(O)C(O)C1O. The number of phenols is 5. The molecule has 4 aliphatic rings. The fourth-order valence-electron chi connectivity index (χ4n) is 8.71. The lowest BCUT2D eigenvalue weighted by atomic mass is 9.97. The molecule has 16 atom stereocenters. The Balaban J connectivity index is 1.10. The second-order valence-electron chi connectivity index (χ2n) is 19.0. The van der Waals surface area contributed by atoms with Crippen LogP contribution in [0.5, 0.6) is 40.2 Å². The molecule has 4 aliphatic heterocycles. The van der Waals surface area contributed by atoms with E-state index in [4.69, 9.17) is 52.5 Å². The summed E-state index contributed by atoms with van der Waals surface area (Å²) in [6.45, 7) is -2.38. The highest BCUT2D eigenvalue weighted by molar-refractivity contribution is 5.90. The van der Waals surface area contributed by atoms with Crippen molar-refractivity contribution in [2.45, 2.75) is 105 Å². The molecule has 82 heavy (non-hydrogen) atoms. The zero-order chi connectivity index (χ0) is 59.1. The fraction of sp³-hybridized carbons (Fsp3) is 0.370. The van der Waals surface area contributed by atoms with Gasteiger partial charge >= 0.3 is 23.9 Å². The number of fused-ring (bicyclic) bond motifs is 1. The van der Waals surface area contributed by atoms with Gasteiger partial charge < -0.3 is 119 Å². The van der Waals surface area contributed by atoms with Crippen LogP contribution in [0.1, 0.15) is 34.8 Å². The number of phenolic OH excluding ortho intramolecular Hbond substituents is 5. The molecule has 0 amide bonds. The van der Waals surface area contributed by atoms with Crippen LogP contribution in [0.2, 0.25) is 0 Å². The third-order valence-corrected chi connectivity index (χ3v) is 13.1. The minimum absolute atomic E-state index is 0.0331. The Bertz CT molecular complexity index is 3000. The Kier molecular flexibility index (Phi) is 19.2. The highest BCUT2D eigenvalue weighted by Crippen LogP contribution is 2.47. The summed E-state index contributed by atoms with van der Waals surface area (Å²) >= 11 is 0. The number of aliphatic carboxylic acids is 1. The second kappa shape index (κ2) is 26.2. The topological polar surface area (TPSA) is 447 Å². The van der Waals surface area contributed by atoms with Crippen LogP contribution in [-0.2, 0) is 57.1 Å². The highest BCUT2D eigenvalue weighted by Gasteiger charge is 2.53. The molecule has 0 aliphatic carbocycles. The van der Waals surface area contributed by atoms with E-state index in [0.29, 0.717) is 5.56 Å². The number of hydrogen-bond donors (Lipinski definition) is 14. The molecule has 0 bridgehead atoms. The predicted octanol–water partition coefficient (Wildman–Crippen LogP) is -1.07. The van der Waals surface area contributed by atoms with Crippen LogP contribution in [0.15, 0.2) is 96.8 Å². The lowest BCUT2D eigenvalue weighted by Gasteiger charge is -2.46. The average Bonchev–Trinajstić information content (AvgIpc) is 3.64. The summed E-state index contributed by atoms with van der Waals surface area (Å²) in [6, 6.07) is 17.1. The van der Waals surface area contributed by atoms with Crippen molar-refractivity contribution in [3.63, 3.8) is 0 Å². The number of carboxylic acids is 1. The van der Waals surface area contributed by atoms with Gasteiger partial charge in [0.15, 0.2) is 29.7 Å². The summed E-state index contributed by atoms with van der Waals surface area (Å²) in [5, 5.41) is 148. The van der Waals surface area contributed by atoms with E-state index < -0.39 is 166 Å². The van der Waals surface area contributed by atoms with Crippen LogP contribution in [0, 0.1) is 0 Å². The zero-order valence-electron chi connectivity index (χ0n) is 42.5. The molecule has 0 aromatic heterocycles. The Labute approximate surface area is 462 Å². The molecule has 3 fully saturated rings. The van der Waals surface area contributed by atoms with E-state index in [1.165, 1.54) is 85.0 Å². The first kappa shape index (κ1) is 60.0. The van der Waals surface area contributed by atoms with Crippen LogP contribution in [-0.4, -0.2) is 212 Å². The molecule has 3 saturated heterocycles. The van der Waals surface area contributed by atoms with E-state index in [-0.39, 0.29) is 45.4 Å².